The standard InChI is InChI=1S/C23H23NO6/c1-4-13-5-7-15(8-6-13)24-17-12-30-23(27)21(17)16(11-20(24)25)14-9-18(28-2)22(26)19(10-14)29-3/h5-10,16,26H,4,11-12H2,1-3H3. The molecule has 7 heteroatoms. The molecule has 0 aliphatic carbocycles. The first kappa shape index (κ1) is 19.8. The average molecular weight is 409 g/mol. The molecule has 156 valence electrons. The average Bonchev–Trinajstić information content (AvgIpc) is 3.15. The molecule has 2 aliphatic rings. The highest BCUT2D eigenvalue weighted by Crippen LogP contribution is 2.46. The molecule has 1 N–H and O–H groups in total. The number of aromatic hydroxyl groups is 1. The van der Waals surface area contributed by atoms with Crippen molar-refractivity contribution >= 4 is 17.6 Å². The van der Waals surface area contributed by atoms with Crippen LogP contribution >= 0.6 is 0 Å². The number of cyclic esters (lactones) is 1. The molecule has 2 aliphatic heterocycles. The van der Waals surface area contributed by atoms with Gasteiger partial charge in [-0.15, -0.1) is 0 Å². The van der Waals surface area contributed by atoms with E-state index in [4.69, 9.17) is 14.2 Å². The number of rotatable bonds is 5. The van der Waals surface area contributed by atoms with Crippen LogP contribution < -0.4 is 14.4 Å². The van der Waals surface area contributed by atoms with E-state index in [1.54, 1.807) is 17.0 Å². The van der Waals surface area contributed by atoms with Gasteiger partial charge in [-0.25, -0.2) is 4.79 Å². The summed E-state index contributed by atoms with van der Waals surface area (Å²) in [7, 11) is 2.86. The Labute approximate surface area is 174 Å². The van der Waals surface area contributed by atoms with Crippen LogP contribution in [0.4, 0.5) is 5.69 Å². The highest BCUT2D eigenvalue weighted by molar-refractivity contribution is 6.06. The van der Waals surface area contributed by atoms with Crippen LogP contribution in [0.5, 0.6) is 17.2 Å². The second-order valence-electron chi connectivity index (χ2n) is 7.22. The first-order valence-electron chi connectivity index (χ1n) is 9.75. The van der Waals surface area contributed by atoms with Gasteiger partial charge in [0.25, 0.3) is 0 Å². The lowest BCUT2D eigenvalue weighted by Crippen LogP contribution is -2.37. The molecule has 0 spiro atoms. The number of phenolic OH excluding ortho intramolecular Hbond substituents is 1. The molecule has 0 fully saturated rings. The predicted octanol–water partition coefficient (Wildman–Crippen LogP) is 3.30. The second kappa shape index (κ2) is 7.74. The summed E-state index contributed by atoms with van der Waals surface area (Å²) >= 11 is 0. The van der Waals surface area contributed by atoms with Gasteiger partial charge in [0.15, 0.2) is 11.5 Å². The van der Waals surface area contributed by atoms with Crippen LogP contribution in [-0.4, -0.2) is 37.8 Å². The molecule has 0 radical (unpaired) electrons. The first-order chi connectivity index (χ1) is 14.5. The second-order valence-corrected chi connectivity index (χ2v) is 7.22. The van der Waals surface area contributed by atoms with Gasteiger partial charge in [0.05, 0.1) is 25.5 Å². The third-order valence-electron chi connectivity index (χ3n) is 5.62. The number of anilines is 1. The van der Waals surface area contributed by atoms with E-state index in [1.165, 1.54) is 14.2 Å². The number of carbonyl (C=O) groups is 2. The third kappa shape index (κ3) is 3.16. The zero-order valence-electron chi connectivity index (χ0n) is 17.1. The fraction of sp³-hybridized carbons (Fsp3) is 0.304. The SMILES string of the molecule is CCc1ccc(N2C(=O)CC(c3cc(OC)c(O)c(OC)c3)C3=C2COC3=O)cc1. The molecule has 0 bridgehead atoms. The van der Waals surface area contributed by atoms with Crippen LogP contribution in [0.3, 0.4) is 0 Å². The normalized spacial score (nSPS) is 18.4. The van der Waals surface area contributed by atoms with E-state index in [1.807, 2.05) is 24.3 Å². The van der Waals surface area contributed by atoms with Crippen LogP contribution in [0.1, 0.15) is 30.4 Å². The molecule has 7 nitrogen and oxygen atoms in total. The number of phenols is 1. The topological polar surface area (TPSA) is 85.3 Å². The minimum atomic E-state index is -0.517. The zero-order valence-corrected chi connectivity index (χ0v) is 17.1. The molecule has 1 unspecified atom stereocenters. The monoisotopic (exact) mass is 409 g/mol. The van der Waals surface area contributed by atoms with Gasteiger partial charge in [0.2, 0.25) is 11.7 Å². The van der Waals surface area contributed by atoms with Gasteiger partial charge in [-0.2, -0.15) is 0 Å². The summed E-state index contributed by atoms with van der Waals surface area (Å²) in [5.41, 5.74) is 3.52. The molecular weight excluding hydrogens is 386 g/mol. The fourth-order valence-electron chi connectivity index (χ4n) is 4.03. The van der Waals surface area contributed by atoms with Crippen molar-refractivity contribution in [2.45, 2.75) is 25.7 Å². The Morgan fingerprint density at radius 3 is 2.30 bits per heavy atom. The molecule has 2 aromatic carbocycles. The van der Waals surface area contributed by atoms with E-state index < -0.39 is 11.9 Å². The number of benzene rings is 2. The van der Waals surface area contributed by atoms with Gasteiger partial charge in [0, 0.05) is 18.0 Å². The number of carbonyl (C=O) groups excluding carboxylic acids is 2. The minimum absolute atomic E-state index is 0.0400. The van der Waals surface area contributed by atoms with Crippen molar-refractivity contribution in [3.63, 3.8) is 0 Å². The highest BCUT2D eigenvalue weighted by Gasteiger charge is 2.43. The van der Waals surface area contributed by atoms with Gasteiger partial charge >= 0.3 is 5.97 Å². The van der Waals surface area contributed by atoms with E-state index in [0.29, 0.717) is 22.5 Å². The number of amides is 1. The van der Waals surface area contributed by atoms with Crippen molar-refractivity contribution in [2.75, 3.05) is 25.7 Å². The summed E-state index contributed by atoms with van der Waals surface area (Å²) in [6, 6.07) is 11.0. The van der Waals surface area contributed by atoms with Crippen LogP contribution in [0.2, 0.25) is 0 Å². The van der Waals surface area contributed by atoms with Crippen LogP contribution in [-0.2, 0) is 20.7 Å². The van der Waals surface area contributed by atoms with Crippen LogP contribution in [0, 0.1) is 0 Å². The third-order valence-corrected chi connectivity index (χ3v) is 5.62. The van der Waals surface area contributed by atoms with Crippen molar-refractivity contribution in [3.8, 4) is 17.2 Å². The van der Waals surface area contributed by atoms with E-state index >= 15 is 0 Å². The lowest BCUT2D eigenvalue weighted by Gasteiger charge is -2.32. The Hall–Kier alpha value is -3.48. The summed E-state index contributed by atoms with van der Waals surface area (Å²) in [5.74, 6) is -0.800. The number of nitrogens with zero attached hydrogens (tertiary/aromatic N) is 1. The van der Waals surface area contributed by atoms with Crippen molar-refractivity contribution < 1.29 is 28.9 Å². The summed E-state index contributed by atoms with van der Waals surface area (Å²) < 4.78 is 15.8. The number of hydrogen-bond acceptors (Lipinski definition) is 6. The molecule has 0 saturated carbocycles. The maximum Gasteiger partial charge on any atom is 0.336 e. The molecule has 2 heterocycles. The summed E-state index contributed by atoms with van der Waals surface area (Å²) in [5, 5.41) is 10.2. The lowest BCUT2D eigenvalue weighted by atomic mass is 9.83. The highest BCUT2D eigenvalue weighted by atomic mass is 16.5. The molecule has 0 saturated heterocycles. The maximum atomic E-state index is 13.2. The maximum absolute atomic E-state index is 13.2. The van der Waals surface area contributed by atoms with Crippen molar-refractivity contribution in [3.05, 3.63) is 58.8 Å². The first-order valence-corrected chi connectivity index (χ1v) is 9.75. The molecule has 30 heavy (non-hydrogen) atoms. The smallest absolute Gasteiger partial charge is 0.336 e. The number of aryl methyl sites for hydroxylation is 1. The minimum Gasteiger partial charge on any atom is -0.502 e. The summed E-state index contributed by atoms with van der Waals surface area (Å²) in [6.45, 7) is 2.11. The molecule has 2 aromatic rings. The van der Waals surface area contributed by atoms with E-state index in [-0.39, 0.29) is 36.2 Å². The van der Waals surface area contributed by atoms with Crippen molar-refractivity contribution in [1.29, 1.82) is 0 Å². The Balaban J connectivity index is 1.82. The van der Waals surface area contributed by atoms with Gasteiger partial charge < -0.3 is 19.3 Å². The Bertz CT molecular complexity index is 1020. The number of ether oxygens (including phenoxy) is 3. The van der Waals surface area contributed by atoms with Crippen molar-refractivity contribution in [2.24, 2.45) is 0 Å². The number of methoxy groups -OCH3 is 2. The molecule has 4 rings (SSSR count). The van der Waals surface area contributed by atoms with Crippen LogP contribution in [0.15, 0.2) is 47.7 Å². The van der Waals surface area contributed by atoms with Gasteiger partial charge in [-0.3, -0.25) is 9.69 Å². The number of hydrogen-bond donors (Lipinski definition) is 1. The molecule has 1 amide bonds. The van der Waals surface area contributed by atoms with Crippen LogP contribution in [0.25, 0.3) is 0 Å². The Morgan fingerprint density at radius 2 is 1.73 bits per heavy atom. The van der Waals surface area contributed by atoms with Crippen molar-refractivity contribution in [1.82, 2.24) is 0 Å². The van der Waals surface area contributed by atoms with E-state index in [9.17, 15) is 14.7 Å². The van der Waals surface area contributed by atoms with Gasteiger partial charge in [-0.1, -0.05) is 19.1 Å². The predicted molar refractivity (Wildman–Crippen MR) is 110 cm³/mol. The molecular formula is C23H23NO6. The quantitative estimate of drug-likeness (QED) is 0.763. The van der Waals surface area contributed by atoms with Gasteiger partial charge in [-0.05, 0) is 41.8 Å². The largest absolute Gasteiger partial charge is 0.502 e. The lowest BCUT2D eigenvalue weighted by molar-refractivity contribution is -0.136. The zero-order chi connectivity index (χ0) is 21.4. The summed E-state index contributed by atoms with van der Waals surface area (Å²) in [6.07, 6.45) is 0.983. The summed E-state index contributed by atoms with van der Waals surface area (Å²) in [4.78, 5) is 27.4. The fourth-order valence-corrected chi connectivity index (χ4v) is 4.03. The molecule has 1 atom stereocenters. The molecule has 0 aromatic heterocycles. The Morgan fingerprint density at radius 1 is 1.10 bits per heavy atom. The number of esters is 1. The van der Waals surface area contributed by atoms with E-state index in [2.05, 4.69) is 6.92 Å². The van der Waals surface area contributed by atoms with E-state index in [0.717, 1.165) is 12.0 Å². The van der Waals surface area contributed by atoms with Gasteiger partial charge in [0.1, 0.15) is 6.61 Å². The Kier molecular flexibility index (Phi) is 5.11.